The molecule has 0 aliphatic heterocycles. The summed E-state index contributed by atoms with van der Waals surface area (Å²) in [7, 11) is 0.576. The maximum Gasteiger partial charge on any atom is 0.416 e. The van der Waals surface area contributed by atoms with Crippen molar-refractivity contribution in [2.24, 2.45) is 0 Å². The molecule has 3 aromatic carbocycles. The van der Waals surface area contributed by atoms with Gasteiger partial charge in [-0.15, -0.1) is 0 Å². The quantitative estimate of drug-likeness (QED) is 0.284. The molecule has 32 heavy (non-hydrogen) atoms. The van der Waals surface area contributed by atoms with E-state index in [1.165, 1.54) is 17.7 Å². The molecule has 1 aromatic heterocycles. The molecule has 4 aromatic rings. The predicted octanol–water partition coefficient (Wildman–Crippen LogP) is 5.40. The Labute approximate surface area is 186 Å². The number of imidazole rings is 1. The first-order chi connectivity index (χ1) is 15.5. The van der Waals surface area contributed by atoms with E-state index in [2.05, 4.69) is 21.7 Å². The topological polar surface area (TPSA) is 17.8 Å². The van der Waals surface area contributed by atoms with Crippen LogP contribution in [0.25, 0.3) is 11.5 Å². The molecule has 160 valence electrons. The lowest BCUT2D eigenvalue weighted by atomic mass is 9.65. The van der Waals surface area contributed by atoms with Gasteiger partial charge >= 0.3 is 6.18 Å². The first-order valence-electron chi connectivity index (χ1n) is 10.5. The molecule has 0 saturated carbocycles. The number of benzene rings is 3. The monoisotopic (exact) mass is 430 g/mol. The van der Waals surface area contributed by atoms with Crippen molar-refractivity contribution in [2.75, 3.05) is 0 Å². The molecule has 6 heteroatoms. The average molecular weight is 430 g/mol. The maximum absolute atomic E-state index is 12.9. The highest BCUT2D eigenvalue weighted by molar-refractivity contribution is 6.73. The summed E-state index contributed by atoms with van der Waals surface area (Å²) >= 11 is 0. The zero-order valence-electron chi connectivity index (χ0n) is 17.5. The Hall–Kier alpha value is -3.54. The van der Waals surface area contributed by atoms with Crippen molar-refractivity contribution in [3.05, 3.63) is 120 Å². The van der Waals surface area contributed by atoms with Crippen LogP contribution in [0.5, 0.6) is 0 Å². The van der Waals surface area contributed by atoms with Gasteiger partial charge in [0.05, 0.1) is 11.3 Å². The fourth-order valence-electron chi connectivity index (χ4n) is 3.63. The molecular weight excluding hydrogens is 408 g/mol. The molecule has 1 heterocycles. The van der Waals surface area contributed by atoms with Gasteiger partial charge in [-0.2, -0.15) is 13.2 Å². The minimum atomic E-state index is -4.34. The Kier molecular flexibility index (Phi) is 6.59. The van der Waals surface area contributed by atoms with E-state index < -0.39 is 11.7 Å². The number of rotatable bonds is 7. The summed E-state index contributed by atoms with van der Waals surface area (Å²) in [5.41, 5.74) is 4.27. The van der Waals surface area contributed by atoms with Gasteiger partial charge in [0.25, 0.3) is 0 Å². The van der Waals surface area contributed by atoms with Crippen LogP contribution in [-0.4, -0.2) is 16.8 Å². The van der Waals surface area contributed by atoms with Crippen molar-refractivity contribution >= 4 is 24.6 Å². The highest BCUT2D eigenvalue weighted by Crippen LogP contribution is 2.29. The van der Waals surface area contributed by atoms with Crippen molar-refractivity contribution in [3.63, 3.8) is 0 Å². The van der Waals surface area contributed by atoms with Gasteiger partial charge in [0.1, 0.15) is 0 Å². The minimum absolute atomic E-state index is 0.576. The summed E-state index contributed by atoms with van der Waals surface area (Å²) < 4.78 is 40.9. The highest BCUT2D eigenvalue weighted by Gasteiger charge is 2.29. The Balaban J connectivity index is 1.59. The first-order valence-corrected chi connectivity index (χ1v) is 10.5. The molecule has 0 aliphatic rings. The van der Waals surface area contributed by atoms with E-state index in [4.69, 9.17) is 0 Å². The Morgan fingerprint density at radius 3 is 2.19 bits per heavy atom. The van der Waals surface area contributed by atoms with Crippen molar-refractivity contribution < 1.29 is 13.2 Å². The van der Waals surface area contributed by atoms with Crippen molar-refractivity contribution in [3.8, 4) is 0 Å². The van der Waals surface area contributed by atoms with E-state index in [0.29, 0.717) is 7.28 Å². The maximum atomic E-state index is 12.9. The second kappa shape index (κ2) is 9.73. The van der Waals surface area contributed by atoms with Crippen LogP contribution >= 0.6 is 0 Å². The summed E-state index contributed by atoms with van der Waals surface area (Å²) in [6, 6.07) is 25.4. The van der Waals surface area contributed by atoms with E-state index in [1.54, 1.807) is 6.20 Å². The molecule has 2 nitrogen and oxygen atoms in total. The predicted molar refractivity (Wildman–Crippen MR) is 125 cm³/mol. The van der Waals surface area contributed by atoms with Gasteiger partial charge in [-0.1, -0.05) is 84.3 Å². The second-order valence-corrected chi connectivity index (χ2v) is 7.60. The molecule has 0 fully saturated rings. The molecule has 0 atom stereocenters. The lowest BCUT2D eigenvalue weighted by molar-refractivity contribution is -0.137. The third-order valence-corrected chi connectivity index (χ3v) is 5.36. The van der Waals surface area contributed by atoms with Crippen LogP contribution < -0.4 is 5.72 Å². The number of hydrogen-bond donors (Lipinski definition) is 0. The molecule has 0 amide bonds. The fraction of sp³-hybridized carbons (Fsp3) is 0.115. The minimum Gasteiger partial charge on any atom is -0.343 e. The number of alkyl halides is 3. The number of hydrogen-bond acceptors (Lipinski definition) is 1. The average Bonchev–Trinajstić information content (AvgIpc) is 3.25. The highest BCUT2D eigenvalue weighted by atomic mass is 19.4. The molecule has 0 unspecified atom stereocenters. The summed E-state index contributed by atoms with van der Waals surface area (Å²) in [5, 5.41) is 0. The van der Waals surface area contributed by atoms with Crippen LogP contribution in [0.15, 0.2) is 97.3 Å². The first kappa shape index (κ1) is 21.7. The molecule has 4 rings (SSSR count). The standard InChI is InChI=1S/C26H22BF3N2/c28-26(29,30)23-13-11-21(12-14-23)19-24(22-9-5-2-6-10-22)27-25-31-16-18-32(25)17-15-20-7-3-1-4-8-20/h1-14,16,18-19,27H,15,17H2. The third kappa shape index (κ3) is 5.58. The SMILES string of the molecule is FC(F)(F)c1ccc(C=C(Bc2nccn2CCc2ccccc2)c2ccccc2)cc1. The van der Waals surface area contributed by atoms with E-state index in [-0.39, 0.29) is 0 Å². The molecular formula is C26H22BF3N2. The lowest BCUT2D eigenvalue weighted by Crippen LogP contribution is -2.28. The Morgan fingerprint density at radius 1 is 0.875 bits per heavy atom. The van der Waals surface area contributed by atoms with Gasteiger partial charge in [0, 0.05) is 18.9 Å². The number of halogens is 3. The molecule has 0 bridgehead atoms. The van der Waals surface area contributed by atoms with Crippen LogP contribution in [0.3, 0.4) is 0 Å². The van der Waals surface area contributed by atoms with Crippen molar-refractivity contribution in [2.45, 2.75) is 19.1 Å². The number of aromatic nitrogens is 2. The fourth-order valence-corrected chi connectivity index (χ4v) is 3.63. The van der Waals surface area contributed by atoms with Gasteiger partial charge in [0.2, 0.25) is 7.28 Å². The summed E-state index contributed by atoms with van der Waals surface area (Å²) in [6.07, 6.45) is 2.26. The van der Waals surface area contributed by atoms with Gasteiger partial charge < -0.3 is 4.57 Å². The van der Waals surface area contributed by atoms with E-state index in [1.807, 2.05) is 60.8 Å². The zero-order valence-corrected chi connectivity index (χ0v) is 17.5. The molecule has 0 N–H and O–H groups in total. The van der Waals surface area contributed by atoms with E-state index >= 15 is 0 Å². The largest absolute Gasteiger partial charge is 0.416 e. The smallest absolute Gasteiger partial charge is 0.343 e. The summed E-state index contributed by atoms with van der Waals surface area (Å²) in [6.45, 7) is 0.807. The van der Waals surface area contributed by atoms with Crippen LogP contribution in [0.2, 0.25) is 0 Å². The number of aryl methyl sites for hydroxylation is 2. The third-order valence-electron chi connectivity index (χ3n) is 5.36. The number of nitrogens with zero attached hydrogens (tertiary/aromatic N) is 2. The molecule has 0 saturated heterocycles. The zero-order chi connectivity index (χ0) is 22.4. The Bertz CT molecular complexity index is 1170. The van der Waals surface area contributed by atoms with Crippen LogP contribution in [0.4, 0.5) is 13.2 Å². The lowest BCUT2D eigenvalue weighted by Gasteiger charge is -2.11. The van der Waals surface area contributed by atoms with Crippen LogP contribution in [0.1, 0.15) is 22.3 Å². The van der Waals surface area contributed by atoms with Gasteiger partial charge in [-0.25, -0.2) is 0 Å². The van der Waals surface area contributed by atoms with Crippen molar-refractivity contribution in [1.29, 1.82) is 0 Å². The van der Waals surface area contributed by atoms with Gasteiger partial charge in [-0.3, -0.25) is 4.98 Å². The van der Waals surface area contributed by atoms with E-state index in [0.717, 1.165) is 47.4 Å². The molecule has 0 spiro atoms. The van der Waals surface area contributed by atoms with Gasteiger partial charge in [0.15, 0.2) is 0 Å². The van der Waals surface area contributed by atoms with Crippen molar-refractivity contribution in [1.82, 2.24) is 9.55 Å². The molecule has 0 radical (unpaired) electrons. The summed E-state index contributed by atoms with van der Waals surface area (Å²) in [4.78, 5) is 4.56. The summed E-state index contributed by atoms with van der Waals surface area (Å²) in [5.74, 6) is 0. The van der Waals surface area contributed by atoms with Crippen LogP contribution in [0, 0.1) is 0 Å². The van der Waals surface area contributed by atoms with Crippen LogP contribution in [-0.2, 0) is 19.1 Å². The molecule has 0 aliphatic carbocycles. The second-order valence-electron chi connectivity index (χ2n) is 7.60. The Morgan fingerprint density at radius 2 is 1.53 bits per heavy atom. The normalized spacial score (nSPS) is 12.0. The van der Waals surface area contributed by atoms with E-state index in [9.17, 15) is 13.2 Å². The van der Waals surface area contributed by atoms with Gasteiger partial charge in [-0.05, 0) is 35.2 Å².